The fraction of sp³-hybridized carbons (Fsp3) is 0.375. The zero-order chi connectivity index (χ0) is 9.52. The molecule has 0 radical (unpaired) electrons. The number of aliphatic hydroxyl groups is 1. The van der Waals surface area contributed by atoms with Gasteiger partial charge < -0.3 is 9.84 Å². The number of hydrogen-bond acceptors (Lipinski definition) is 5. The van der Waals surface area contributed by atoms with Crippen molar-refractivity contribution >= 4 is 30.0 Å². The zero-order valence-electron chi connectivity index (χ0n) is 7.01. The average Bonchev–Trinajstić information content (AvgIpc) is 2.54. The van der Waals surface area contributed by atoms with Crippen LogP contribution in [0.5, 0.6) is 0 Å². The highest BCUT2D eigenvalue weighted by Crippen LogP contribution is 2.16. The predicted octanol–water partition coefficient (Wildman–Crippen LogP) is 1.55. The Balaban J connectivity index is 2.50. The average molecular weight is 217 g/mol. The summed E-state index contributed by atoms with van der Waals surface area (Å²) in [6.45, 7) is 0.834. The molecule has 72 valence electrons. The Morgan fingerprint density at radius 1 is 1.69 bits per heavy atom. The van der Waals surface area contributed by atoms with Gasteiger partial charge in [-0.05, 0) is 11.5 Å². The number of ether oxygens (including phenoxy) is 1. The molecule has 1 rings (SSSR count). The molecule has 0 saturated carbocycles. The van der Waals surface area contributed by atoms with Crippen molar-refractivity contribution in [2.75, 3.05) is 13.2 Å². The summed E-state index contributed by atoms with van der Waals surface area (Å²) in [4.78, 5) is 5.18. The van der Waals surface area contributed by atoms with Crippen molar-refractivity contribution in [1.29, 1.82) is 0 Å². The molecule has 0 unspecified atom stereocenters. The summed E-state index contributed by atoms with van der Waals surface area (Å²) in [5.74, 6) is 0. The van der Waals surface area contributed by atoms with Gasteiger partial charge in [-0.15, -0.1) is 11.3 Å². The van der Waals surface area contributed by atoms with Gasteiger partial charge in [0.2, 0.25) is 0 Å². The van der Waals surface area contributed by atoms with E-state index in [4.69, 9.17) is 9.84 Å². The van der Waals surface area contributed by atoms with Crippen molar-refractivity contribution in [3.05, 3.63) is 21.5 Å². The second-order valence-electron chi connectivity index (χ2n) is 2.26. The van der Waals surface area contributed by atoms with E-state index < -0.39 is 0 Å². The maximum atomic E-state index is 8.50. The van der Waals surface area contributed by atoms with E-state index >= 15 is 0 Å². The van der Waals surface area contributed by atoms with Gasteiger partial charge in [-0.25, -0.2) is 4.98 Å². The zero-order valence-corrected chi connectivity index (χ0v) is 8.72. The minimum Gasteiger partial charge on any atom is -0.394 e. The largest absolute Gasteiger partial charge is 0.394 e. The van der Waals surface area contributed by atoms with Crippen molar-refractivity contribution in [1.82, 2.24) is 4.98 Å². The van der Waals surface area contributed by atoms with Crippen LogP contribution in [0.2, 0.25) is 0 Å². The molecule has 1 heterocycles. The maximum absolute atomic E-state index is 8.50. The second kappa shape index (κ2) is 6.15. The first-order chi connectivity index (χ1) is 6.38. The topological polar surface area (TPSA) is 42.4 Å². The summed E-state index contributed by atoms with van der Waals surface area (Å²) < 4.78 is 5.15. The first-order valence-corrected chi connectivity index (χ1v) is 5.20. The minimum absolute atomic E-state index is 0.0435. The molecule has 0 aromatic carbocycles. The first kappa shape index (κ1) is 10.7. The van der Waals surface area contributed by atoms with E-state index in [0.717, 1.165) is 10.6 Å². The molecule has 1 aromatic rings. The van der Waals surface area contributed by atoms with Crippen molar-refractivity contribution < 1.29 is 9.84 Å². The van der Waals surface area contributed by atoms with Gasteiger partial charge in [-0.1, -0.05) is 0 Å². The van der Waals surface area contributed by atoms with E-state index in [2.05, 4.69) is 17.6 Å². The molecule has 13 heavy (non-hydrogen) atoms. The molecule has 5 heteroatoms. The molecule has 0 saturated heterocycles. The SMILES string of the molecule is OCCOCc1ncsc1C=CS. The summed E-state index contributed by atoms with van der Waals surface area (Å²) in [6.07, 6.45) is 1.87. The highest BCUT2D eigenvalue weighted by molar-refractivity contribution is 7.83. The molecule has 1 aromatic heterocycles. The van der Waals surface area contributed by atoms with Crippen LogP contribution >= 0.6 is 24.0 Å². The van der Waals surface area contributed by atoms with Crippen molar-refractivity contribution in [2.45, 2.75) is 6.61 Å². The Labute approximate surface area is 86.5 Å². The van der Waals surface area contributed by atoms with Crippen LogP contribution in [0.25, 0.3) is 6.08 Å². The molecule has 0 aliphatic rings. The minimum atomic E-state index is 0.0435. The standard InChI is InChI=1S/C8H11NO2S2/c10-2-3-11-5-7-8(1-4-12)13-6-9-7/h1,4,6,10,12H,2-3,5H2. The van der Waals surface area contributed by atoms with Gasteiger partial charge >= 0.3 is 0 Å². The van der Waals surface area contributed by atoms with Gasteiger partial charge in [0.25, 0.3) is 0 Å². The van der Waals surface area contributed by atoms with Crippen LogP contribution in [-0.4, -0.2) is 23.3 Å². The van der Waals surface area contributed by atoms with E-state index in [0.29, 0.717) is 13.2 Å². The van der Waals surface area contributed by atoms with Crippen LogP contribution in [0.3, 0.4) is 0 Å². The fourth-order valence-corrected chi connectivity index (χ4v) is 1.76. The molecule has 0 bridgehead atoms. The normalized spacial score (nSPS) is 11.2. The summed E-state index contributed by atoms with van der Waals surface area (Å²) in [5.41, 5.74) is 2.66. The quantitative estimate of drug-likeness (QED) is 0.581. The van der Waals surface area contributed by atoms with Gasteiger partial charge in [0.05, 0.1) is 35.9 Å². The third-order valence-electron chi connectivity index (χ3n) is 1.37. The van der Waals surface area contributed by atoms with Gasteiger partial charge in [-0.2, -0.15) is 12.6 Å². The monoisotopic (exact) mass is 217 g/mol. The van der Waals surface area contributed by atoms with Gasteiger partial charge in [0.15, 0.2) is 0 Å². The second-order valence-corrected chi connectivity index (χ2v) is 3.44. The van der Waals surface area contributed by atoms with Gasteiger partial charge in [-0.3, -0.25) is 0 Å². The number of hydrogen-bond donors (Lipinski definition) is 2. The van der Waals surface area contributed by atoms with Crippen LogP contribution in [0.15, 0.2) is 10.9 Å². The first-order valence-electron chi connectivity index (χ1n) is 3.80. The molecule has 3 nitrogen and oxygen atoms in total. The van der Waals surface area contributed by atoms with E-state index in [1.54, 1.807) is 22.3 Å². The van der Waals surface area contributed by atoms with Crippen LogP contribution in [-0.2, 0) is 11.3 Å². The number of aromatic nitrogens is 1. The van der Waals surface area contributed by atoms with E-state index in [1.807, 2.05) is 6.08 Å². The molecule has 1 N–H and O–H groups in total. The Hall–Kier alpha value is -0.360. The Morgan fingerprint density at radius 3 is 3.23 bits per heavy atom. The highest BCUT2D eigenvalue weighted by Gasteiger charge is 2.02. The van der Waals surface area contributed by atoms with Gasteiger partial charge in [0, 0.05) is 0 Å². The summed E-state index contributed by atoms with van der Waals surface area (Å²) in [7, 11) is 0. The predicted molar refractivity (Wildman–Crippen MR) is 56.9 cm³/mol. The lowest BCUT2D eigenvalue weighted by Crippen LogP contribution is -2.00. The van der Waals surface area contributed by atoms with Crippen molar-refractivity contribution in [3.63, 3.8) is 0 Å². The van der Waals surface area contributed by atoms with Crippen LogP contribution < -0.4 is 0 Å². The highest BCUT2D eigenvalue weighted by atomic mass is 32.1. The number of nitrogens with zero attached hydrogens (tertiary/aromatic N) is 1. The molecule has 0 atom stereocenters. The number of aliphatic hydroxyl groups excluding tert-OH is 1. The Kier molecular flexibility index (Phi) is 5.07. The third kappa shape index (κ3) is 3.48. The third-order valence-corrected chi connectivity index (χ3v) is 2.36. The molecular weight excluding hydrogens is 206 g/mol. The number of thiol groups is 1. The Morgan fingerprint density at radius 2 is 2.54 bits per heavy atom. The lowest BCUT2D eigenvalue weighted by atomic mass is 10.4. The molecule has 0 amide bonds. The van der Waals surface area contributed by atoms with Crippen LogP contribution in [0.1, 0.15) is 10.6 Å². The van der Waals surface area contributed by atoms with Crippen LogP contribution in [0, 0.1) is 0 Å². The molecular formula is C8H11NO2S2. The molecule has 0 spiro atoms. The fourth-order valence-electron chi connectivity index (χ4n) is 0.823. The summed E-state index contributed by atoms with van der Waals surface area (Å²) in [5, 5.41) is 10.2. The van der Waals surface area contributed by atoms with E-state index in [1.165, 1.54) is 0 Å². The Bertz CT molecular complexity index is 273. The van der Waals surface area contributed by atoms with E-state index in [-0.39, 0.29) is 6.61 Å². The van der Waals surface area contributed by atoms with Crippen molar-refractivity contribution in [2.24, 2.45) is 0 Å². The van der Waals surface area contributed by atoms with Crippen LogP contribution in [0.4, 0.5) is 0 Å². The summed E-state index contributed by atoms with van der Waals surface area (Å²) in [6, 6.07) is 0. The number of thiazole rings is 1. The number of rotatable bonds is 5. The maximum Gasteiger partial charge on any atom is 0.0903 e. The molecule has 0 aliphatic heterocycles. The molecule has 0 fully saturated rings. The molecule has 0 aliphatic carbocycles. The van der Waals surface area contributed by atoms with Crippen molar-refractivity contribution in [3.8, 4) is 0 Å². The lowest BCUT2D eigenvalue weighted by Gasteiger charge is -1.99. The van der Waals surface area contributed by atoms with Gasteiger partial charge in [0.1, 0.15) is 0 Å². The lowest BCUT2D eigenvalue weighted by molar-refractivity contribution is 0.0799. The van der Waals surface area contributed by atoms with E-state index in [9.17, 15) is 0 Å². The smallest absolute Gasteiger partial charge is 0.0903 e. The summed E-state index contributed by atoms with van der Waals surface area (Å²) >= 11 is 5.52.